The van der Waals surface area contributed by atoms with Crippen LogP contribution in [0.5, 0.6) is 0 Å². The van der Waals surface area contributed by atoms with Gasteiger partial charge in [0.2, 0.25) is 0 Å². The first kappa shape index (κ1) is 13.4. The Morgan fingerprint density at radius 1 is 1.25 bits per heavy atom. The Hall–Kier alpha value is -1.62. The molecule has 1 aromatic heterocycles. The van der Waals surface area contributed by atoms with Crippen LogP contribution in [0, 0.1) is 0 Å². The van der Waals surface area contributed by atoms with E-state index in [2.05, 4.69) is 10.3 Å². The zero-order valence-electron chi connectivity index (χ0n) is 11.4. The lowest BCUT2D eigenvalue weighted by molar-refractivity contribution is 0.579. The van der Waals surface area contributed by atoms with Gasteiger partial charge < -0.3 is 5.32 Å². The van der Waals surface area contributed by atoms with Gasteiger partial charge in [0, 0.05) is 29.6 Å². The van der Waals surface area contributed by atoms with Crippen LogP contribution >= 0.6 is 0 Å². The fourth-order valence-electron chi connectivity index (χ4n) is 2.98. The molecular formula is C15H18N2O2S. The predicted molar refractivity (Wildman–Crippen MR) is 81.6 cm³/mol. The molecule has 1 heterocycles. The van der Waals surface area contributed by atoms with Crippen LogP contribution in [0.4, 0.5) is 5.69 Å². The first-order valence-corrected chi connectivity index (χ1v) is 8.80. The zero-order chi connectivity index (χ0) is 14.2. The van der Waals surface area contributed by atoms with Gasteiger partial charge in [0.15, 0.2) is 9.84 Å². The van der Waals surface area contributed by atoms with Crippen molar-refractivity contribution in [2.75, 3.05) is 11.6 Å². The van der Waals surface area contributed by atoms with Gasteiger partial charge in [-0.3, -0.25) is 4.98 Å². The Labute approximate surface area is 119 Å². The predicted octanol–water partition coefficient (Wildman–Crippen LogP) is 2.61. The lowest BCUT2D eigenvalue weighted by Gasteiger charge is -2.20. The first-order chi connectivity index (χ1) is 9.54. The highest BCUT2D eigenvalue weighted by molar-refractivity contribution is 7.91. The van der Waals surface area contributed by atoms with Crippen LogP contribution in [-0.4, -0.2) is 30.9 Å². The van der Waals surface area contributed by atoms with Crippen molar-refractivity contribution in [3.8, 4) is 0 Å². The molecule has 0 aliphatic heterocycles. The standard InChI is InChI=1S/C15H18N2O2S/c1-20(18,19)15-6-2-5-14(15)17-12-7-8-13-11(10-12)4-3-9-16-13/h3-4,7-10,14-15,17H,2,5-6H2,1H3. The van der Waals surface area contributed by atoms with E-state index >= 15 is 0 Å². The number of aromatic nitrogens is 1. The smallest absolute Gasteiger partial charge is 0.152 e. The van der Waals surface area contributed by atoms with Gasteiger partial charge >= 0.3 is 0 Å². The highest BCUT2D eigenvalue weighted by Gasteiger charge is 2.34. The lowest BCUT2D eigenvalue weighted by atomic mass is 10.1. The molecule has 106 valence electrons. The number of hydrogen-bond acceptors (Lipinski definition) is 4. The van der Waals surface area contributed by atoms with Crippen molar-refractivity contribution in [2.45, 2.75) is 30.6 Å². The van der Waals surface area contributed by atoms with E-state index in [0.717, 1.165) is 35.9 Å². The third-order valence-corrected chi connectivity index (χ3v) is 5.62. The Bertz CT molecular complexity index is 727. The third-order valence-electron chi connectivity index (χ3n) is 3.96. The molecule has 0 radical (unpaired) electrons. The third kappa shape index (κ3) is 2.63. The fraction of sp³-hybridized carbons (Fsp3) is 0.400. The molecule has 1 aliphatic carbocycles. The number of hydrogen-bond donors (Lipinski definition) is 1. The number of rotatable bonds is 3. The minimum atomic E-state index is -2.99. The molecule has 0 saturated heterocycles. The normalized spacial score (nSPS) is 23.1. The maximum absolute atomic E-state index is 11.8. The van der Waals surface area contributed by atoms with Crippen LogP contribution < -0.4 is 5.32 Å². The first-order valence-electron chi connectivity index (χ1n) is 6.84. The highest BCUT2D eigenvalue weighted by atomic mass is 32.2. The summed E-state index contributed by atoms with van der Waals surface area (Å²) in [4.78, 5) is 4.28. The van der Waals surface area contributed by atoms with Crippen molar-refractivity contribution >= 4 is 26.4 Å². The fourth-order valence-corrected chi connectivity index (χ4v) is 4.38. The molecule has 0 spiro atoms. The van der Waals surface area contributed by atoms with Gasteiger partial charge in [-0.1, -0.05) is 6.07 Å². The van der Waals surface area contributed by atoms with Crippen LogP contribution in [-0.2, 0) is 9.84 Å². The minimum Gasteiger partial charge on any atom is -0.381 e. The van der Waals surface area contributed by atoms with Gasteiger partial charge in [-0.05, 0) is 43.5 Å². The van der Waals surface area contributed by atoms with Crippen molar-refractivity contribution in [1.82, 2.24) is 4.98 Å². The Balaban J connectivity index is 1.85. The Morgan fingerprint density at radius 2 is 2.10 bits per heavy atom. The minimum absolute atomic E-state index is 0.0131. The van der Waals surface area contributed by atoms with Crippen molar-refractivity contribution in [3.05, 3.63) is 36.5 Å². The molecule has 1 fully saturated rings. The summed E-state index contributed by atoms with van der Waals surface area (Å²) in [5, 5.41) is 4.17. The van der Waals surface area contributed by atoms with Crippen molar-refractivity contribution in [2.24, 2.45) is 0 Å². The molecule has 1 saturated carbocycles. The molecule has 20 heavy (non-hydrogen) atoms. The van der Waals surface area contributed by atoms with Crippen LogP contribution in [0.2, 0.25) is 0 Å². The number of sulfone groups is 1. The molecule has 5 heteroatoms. The molecule has 1 aliphatic rings. The molecular weight excluding hydrogens is 272 g/mol. The average Bonchev–Trinajstić information content (AvgIpc) is 2.87. The molecule has 1 N–H and O–H groups in total. The molecule has 3 rings (SSSR count). The van der Waals surface area contributed by atoms with E-state index in [1.807, 2.05) is 30.3 Å². The zero-order valence-corrected chi connectivity index (χ0v) is 12.2. The number of benzene rings is 1. The second-order valence-corrected chi connectivity index (χ2v) is 7.73. The van der Waals surface area contributed by atoms with E-state index in [0.29, 0.717) is 0 Å². The maximum Gasteiger partial charge on any atom is 0.152 e. The van der Waals surface area contributed by atoms with E-state index in [9.17, 15) is 8.42 Å². The molecule has 2 unspecified atom stereocenters. The summed E-state index contributed by atoms with van der Waals surface area (Å²) in [6.07, 6.45) is 5.73. The summed E-state index contributed by atoms with van der Waals surface area (Å²) >= 11 is 0. The van der Waals surface area contributed by atoms with Gasteiger partial charge in [-0.2, -0.15) is 0 Å². The SMILES string of the molecule is CS(=O)(=O)C1CCCC1Nc1ccc2ncccc2c1. The largest absolute Gasteiger partial charge is 0.381 e. The molecule has 1 aromatic carbocycles. The monoisotopic (exact) mass is 290 g/mol. The summed E-state index contributed by atoms with van der Waals surface area (Å²) < 4.78 is 23.6. The van der Waals surface area contributed by atoms with E-state index in [1.54, 1.807) is 6.20 Å². The highest BCUT2D eigenvalue weighted by Crippen LogP contribution is 2.28. The quantitative estimate of drug-likeness (QED) is 0.944. The van der Waals surface area contributed by atoms with Gasteiger partial charge in [-0.25, -0.2) is 8.42 Å². The summed E-state index contributed by atoms with van der Waals surface area (Å²) in [6, 6.07) is 9.88. The lowest BCUT2D eigenvalue weighted by Crippen LogP contribution is -2.34. The van der Waals surface area contributed by atoms with Crippen LogP contribution in [0.25, 0.3) is 10.9 Å². The number of nitrogens with one attached hydrogen (secondary N) is 1. The van der Waals surface area contributed by atoms with Crippen LogP contribution in [0.15, 0.2) is 36.5 Å². The van der Waals surface area contributed by atoms with E-state index in [4.69, 9.17) is 0 Å². The van der Waals surface area contributed by atoms with E-state index in [-0.39, 0.29) is 11.3 Å². The van der Waals surface area contributed by atoms with Crippen LogP contribution in [0.3, 0.4) is 0 Å². The van der Waals surface area contributed by atoms with Crippen molar-refractivity contribution < 1.29 is 8.42 Å². The summed E-state index contributed by atoms with van der Waals surface area (Å²) in [6.45, 7) is 0. The second kappa shape index (κ2) is 5.05. The van der Waals surface area contributed by atoms with E-state index < -0.39 is 9.84 Å². The van der Waals surface area contributed by atoms with Gasteiger partial charge in [0.05, 0.1) is 10.8 Å². The summed E-state index contributed by atoms with van der Waals surface area (Å²) in [5.74, 6) is 0. The van der Waals surface area contributed by atoms with E-state index in [1.165, 1.54) is 6.26 Å². The van der Waals surface area contributed by atoms with Gasteiger partial charge in [0.25, 0.3) is 0 Å². The topological polar surface area (TPSA) is 59.1 Å². The molecule has 4 nitrogen and oxygen atoms in total. The summed E-state index contributed by atoms with van der Waals surface area (Å²) in [7, 11) is -2.99. The number of nitrogens with zero attached hydrogens (tertiary/aromatic N) is 1. The van der Waals surface area contributed by atoms with Crippen molar-refractivity contribution in [3.63, 3.8) is 0 Å². The van der Waals surface area contributed by atoms with Gasteiger partial charge in [-0.15, -0.1) is 0 Å². The molecule has 0 amide bonds. The van der Waals surface area contributed by atoms with Crippen LogP contribution in [0.1, 0.15) is 19.3 Å². The maximum atomic E-state index is 11.8. The number of anilines is 1. The molecule has 2 atom stereocenters. The second-order valence-electron chi connectivity index (χ2n) is 5.46. The molecule has 2 aromatic rings. The van der Waals surface area contributed by atoms with Gasteiger partial charge in [0.1, 0.15) is 0 Å². The number of pyridine rings is 1. The average molecular weight is 290 g/mol. The Kier molecular flexibility index (Phi) is 3.38. The Morgan fingerprint density at radius 3 is 2.90 bits per heavy atom. The van der Waals surface area contributed by atoms with Crippen molar-refractivity contribution in [1.29, 1.82) is 0 Å². The molecule has 0 bridgehead atoms. The summed E-state index contributed by atoms with van der Waals surface area (Å²) in [5.41, 5.74) is 1.91. The number of fused-ring (bicyclic) bond motifs is 1.